The summed E-state index contributed by atoms with van der Waals surface area (Å²) in [6, 6.07) is 10.6. The van der Waals surface area contributed by atoms with E-state index in [9.17, 15) is 4.79 Å². The highest BCUT2D eigenvalue weighted by Crippen LogP contribution is 2.35. The molecule has 0 aliphatic carbocycles. The Morgan fingerprint density at radius 2 is 1.90 bits per heavy atom. The van der Waals surface area contributed by atoms with E-state index >= 15 is 0 Å². The summed E-state index contributed by atoms with van der Waals surface area (Å²) < 4.78 is 16.8. The number of amides is 2. The zero-order valence-electron chi connectivity index (χ0n) is 16.6. The number of nitrogens with zero attached hydrogens (tertiary/aromatic N) is 2. The Labute approximate surface area is 169 Å². The predicted octanol–water partition coefficient (Wildman–Crippen LogP) is 3.58. The van der Waals surface area contributed by atoms with Gasteiger partial charge in [0.2, 0.25) is 5.88 Å². The van der Waals surface area contributed by atoms with E-state index in [2.05, 4.69) is 15.3 Å². The lowest BCUT2D eigenvalue weighted by Gasteiger charge is -2.07. The fraction of sp³-hybridized carbons (Fsp3) is 0.286. The molecule has 3 rings (SSSR count). The second-order valence-corrected chi connectivity index (χ2v) is 6.64. The Morgan fingerprint density at radius 3 is 2.48 bits per heavy atom. The van der Waals surface area contributed by atoms with Gasteiger partial charge in [-0.1, -0.05) is 13.8 Å². The van der Waals surface area contributed by atoms with Crippen LogP contribution in [0.25, 0.3) is 22.6 Å². The van der Waals surface area contributed by atoms with Gasteiger partial charge in [0.15, 0.2) is 11.7 Å². The van der Waals surface area contributed by atoms with Crippen LogP contribution in [-0.4, -0.2) is 36.3 Å². The summed E-state index contributed by atoms with van der Waals surface area (Å²) in [6.07, 6.45) is 1.72. The Hall–Kier alpha value is -3.55. The number of rotatable bonds is 8. The lowest BCUT2D eigenvalue weighted by molar-refractivity contribution is 0.244. The number of ether oxygens (including phenoxy) is 2. The van der Waals surface area contributed by atoms with Gasteiger partial charge < -0.3 is 24.9 Å². The number of primary amides is 1. The van der Waals surface area contributed by atoms with Crippen molar-refractivity contribution in [1.82, 2.24) is 15.3 Å². The molecule has 8 heteroatoms. The van der Waals surface area contributed by atoms with Crippen LogP contribution in [0, 0.1) is 0 Å². The first-order valence-electron chi connectivity index (χ1n) is 9.25. The van der Waals surface area contributed by atoms with Crippen LogP contribution in [0.4, 0.5) is 4.79 Å². The van der Waals surface area contributed by atoms with Crippen molar-refractivity contribution in [2.75, 3.05) is 20.3 Å². The standard InChI is InChI=1S/C21H24N4O4/c1-13(2)20-25-18(15-6-9-17(27-3)24-12-15)19(29-20)14-4-7-16(8-5-14)28-11-10-23-21(22)26/h4-9,12-13H,10-11H2,1-3H3,(H3,22,23,26). The molecule has 0 aliphatic heterocycles. The number of carbonyl (C=O) groups excluding carboxylic acids is 1. The van der Waals surface area contributed by atoms with Gasteiger partial charge in [-0.25, -0.2) is 14.8 Å². The predicted molar refractivity (Wildman–Crippen MR) is 109 cm³/mol. The van der Waals surface area contributed by atoms with Crippen molar-refractivity contribution in [2.45, 2.75) is 19.8 Å². The van der Waals surface area contributed by atoms with Crippen molar-refractivity contribution in [3.05, 3.63) is 48.5 Å². The van der Waals surface area contributed by atoms with Crippen LogP contribution < -0.4 is 20.5 Å². The normalized spacial score (nSPS) is 10.8. The fourth-order valence-corrected chi connectivity index (χ4v) is 2.66. The molecule has 0 bridgehead atoms. The van der Waals surface area contributed by atoms with Crippen molar-refractivity contribution in [2.24, 2.45) is 5.73 Å². The van der Waals surface area contributed by atoms with E-state index in [4.69, 9.17) is 19.6 Å². The van der Waals surface area contributed by atoms with Gasteiger partial charge in [-0.05, 0) is 30.3 Å². The average Bonchev–Trinajstić information content (AvgIpc) is 3.17. The van der Waals surface area contributed by atoms with Gasteiger partial charge in [-0.15, -0.1) is 0 Å². The summed E-state index contributed by atoms with van der Waals surface area (Å²) in [6.45, 7) is 4.72. The molecule has 3 N–H and O–H groups in total. The molecule has 1 aromatic carbocycles. The summed E-state index contributed by atoms with van der Waals surface area (Å²) in [5, 5.41) is 2.48. The van der Waals surface area contributed by atoms with E-state index in [-0.39, 0.29) is 5.92 Å². The first-order chi connectivity index (χ1) is 14.0. The Kier molecular flexibility index (Phi) is 6.33. The summed E-state index contributed by atoms with van der Waals surface area (Å²) >= 11 is 0. The number of oxazole rings is 1. The fourth-order valence-electron chi connectivity index (χ4n) is 2.66. The van der Waals surface area contributed by atoms with Crippen LogP contribution in [0.3, 0.4) is 0 Å². The third-order valence-electron chi connectivity index (χ3n) is 4.14. The maximum Gasteiger partial charge on any atom is 0.312 e. The number of pyridine rings is 1. The third-order valence-corrected chi connectivity index (χ3v) is 4.14. The highest BCUT2D eigenvalue weighted by molar-refractivity contribution is 5.77. The van der Waals surface area contributed by atoms with Gasteiger partial charge in [-0.2, -0.15) is 0 Å². The SMILES string of the molecule is COc1ccc(-c2nc(C(C)C)oc2-c2ccc(OCCNC(N)=O)cc2)cn1. The number of urea groups is 1. The molecular formula is C21H24N4O4. The molecule has 0 aliphatic rings. The Bertz CT molecular complexity index is 950. The van der Waals surface area contributed by atoms with Crippen LogP contribution in [0.1, 0.15) is 25.7 Å². The van der Waals surface area contributed by atoms with Crippen LogP contribution in [-0.2, 0) is 0 Å². The van der Waals surface area contributed by atoms with E-state index in [1.54, 1.807) is 19.4 Å². The Balaban J connectivity index is 1.84. The number of carbonyl (C=O) groups is 1. The Morgan fingerprint density at radius 1 is 1.17 bits per heavy atom. The third kappa shape index (κ3) is 5.04. The zero-order valence-corrected chi connectivity index (χ0v) is 16.6. The molecule has 2 amide bonds. The minimum atomic E-state index is -0.573. The quantitative estimate of drug-likeness (QED) is 0.563. The maximum absolute atomic E-state index is 10.7. The molecule has 0 unspecified atom stereocenters. The first kappa shape index (κ1) is 20.2. The number of methoxy groups -OCH3 is 1. The number of nitrogens with one attached hydrogen (secondary N) is 1. The van der Waals surface area contributed by atoms with Gasteiger partial charge in [0.05, 0.1) is 13.7 Å². The topological polar surface area (TPSA) is 113 Å². The van der Waals surface area contributed by atoms with Crippen LogP contribution in [0.5, 0.6) is 11.6 Å². The van der Waals surface area contributed by atoms with Crippen LogP contribution in [0.15, 0.2) is 47.0 Å². The van der Waals surface area contributed by atoms with E-state index in [0.717, 1.165) is 16.8 Å². The molecule has 0 atom stereocenters. The van der Waals surface area contributed by atoms with Gasteiger partial charge in [-0.3, -0.25) is 0 Å². The number of aromatic nitrogens is 2. The van der Waals surface area contributed by atoms with Crippen LogP contribution in [0.2, 0.25) is 0 Å². The lowest BCUT2D eigenvalue weighted by atomic mass is 10.1. The first-order valence-corrected chi connectivity index (χ1v) is 9.25. The average molecular weight is 396 g/mol. The van der Waals surface area contributed by atoms with E-state index in [0.29, 0.717) is 36.4 Å². The molecule has 0 fully saturated rings. The van der Waals surface area contributed by atoms with Gasteiger partial charge in [0, 0.05) is 29.3 Å². The highest BCUT2D eigenvalue weighted by Gasteiger charge is 2.19. The molecule has 2 aromatic heterocycles. The lowest BCUT2D eigenvalue weighted by Crippen LogP contribution is -2.32. The van der Waals surface area contributed by atoms with Gasteiger partial charge in [0.1, 0.15) is 18.1 Å². The molecule has 0 spiro atoms. The number of nitrogens with two attached hydrogens (primary N) is 1. The molecule has 2 heterocycles. The molecule has 0 radical (unpaired) electrons. The largest absolute Gasteiger partial charge is 0.492 e. The van der Waals surface area contributed by atoms with E-state index in [1.165, 1.54) is 0 Å². The van der Waals surface area contributed by atoms with Crippen LogP contribution >= 0.6 is 0 Å². The number of benzene rings is 1. The van der Waals surface area contributed by atoms with E-state index < -0.39 is 6.03 Å². The van der Waals surface area contributed by atoms with E-state index in [1.807, 2.05) is 44.2 Å². The van der Waals surface area contributed by atoms with Gasteiger partial charge >= 0.3 is 6.03 Å². The molecule has 8 nitrogen and oxygen atoms in total. The van der Waals surface area contributed by atoms with Crippen molar-refractivity contribution in [3.63, 3.8) is 0 Å². The molecule has 3 aromatic rings. The number of hydrogen-bond acceptors (Lipinski definition) is 6. The molecule has 152 valence electrons. The smallest absolute Gasteiger partial charge is 0.312 e. The molecule has 29 heavy (non-hydrogen) atoms. The molecule has 0 saturated heterocycles. The van der Waals surface area contributed by atoms with Gasteiger partial charge in [0.25, 0.3) is 0 Å². The molecular weight excluding hydrogens is 372 g/mol. The number of hydrogen-bond donors (Lipinski definition) is 2. The monoisotopic (exact) mass is 396 g/mol. The highest BCUT2D eigenvalue weighted by atomic mass is 16.5. The van der Waals surface area contributed by atoms with Crippen molar-refractivity contribution < 1.29 is 18.7 Å². The summed E-state index contributed by atoms with van der Waals surface area (Å²) in [5.41, 5.74) is 7.46. The van der Waals surface area contributed by atoms with Crippen molar-refractivity contribution in [3.8, 4) is 34.2 Å². The second kappa shape index (κ2) is 9.09. The second-order valence-electron chi connectivity index (χ2n) is 6.64. The molecule has 0 saturated carbocycles. The van der Waals surface area contributed by atoms with Crippen molar-refractivity contribution in [1.29, 1.82) is 0 Å². The maximum atomic E-state index is 10.7. The summed E-state index contributed by atoms with van der Waals surface area (Å²) in [7, 11) is 1.58. The summed E-state index contributed by atoms with van der Waals surface area (Å²) in [5.74, 6) is 2.69. The minimum absolute atomic E-state index is 0.147. The zero-order chi connectivity index (χ0) is 20.8. The van der Waals surface area contributed by atoms with Crippen molar-refractivity contribution >= 4 is 6.03 Å². The summed E-state index contributed by atoms with van der Waals surface area (Å²) in [4.78, 5) is 19.6. The minimum Gasteiger partial charge on any atom is -0.492 e.